The van der Waals surface area contributed by atoms with Gasteiger partial charge in [0.15, 0.2) is 5.03 Å². The van der Waals surface area contributed by atoms with Crippen molar-refractivity contribution in [2.75, 3.05) is 13.1 Å². The van der Waals surface area contributed by atoms with Gasteiger partial charge in [0.1, 0.15) is 5.82 Å². The second kappa shape index (κ2) is 6.46. The van der Waals surface area contributed by atoms with Crippen molar-refractivity contribution >= 4 is 10.0 Å². The molecule has 2 unspecified atom stereocenters. The fourth-order valence-corrected chi connectivity index (χ4v) is 4.60. The van der Waals surface area contributed by atoms with Crippen molar-refractivity contribution in [1.82, 2.24) is 13.9 Å². The molecular weight excluding hydrogens is 288 g/mol. The first-order valence-corrected chi connectivity index (χ1v) is 9.09. The van der Waals surface area contributed by atoms with E-state index in [1.165, 1.54) is 0 Å². The summed E-state index contributed by atoms with van der Waals surface area (Å²) >= 11 is 0. The molecule has 7 heteroatoms. The molecule has 0 aliphatic carbocycles. The lowest BCUT2D eigenvalue weighted by Crippen LogP contribution is -2.47. The molecule has 0 amide bonds. The quantitative estimate of drug-likeness (QED) is 0.889. The SMILES string of the molecule is CCCn1cc(S(=O)(=O)N2CC(CN)CCC2C)nc1C. The van der Waals surface area contributed by atoms with E-state index in [9.17, 15) is 8.42 Å². The van der Waals surface area contributed by atoms with Gasteiger partial charge in [-0.25, -0.2) is 13.4 Å². The Morgan fingerprint density at radius 2 is 2.14 bits per heavy atom. The molecule has 0 saturated carbocycles. The van der Waals surface area contributed by atoms with Crippen LogP contribution in [-0.4, -0.2) is 41.4 Å². The summed E-state index contributed by atoms with van der Waals surface area (Å²) in [6.45, 7) is 7.68. The van der Waals surface area contributed by atoms with E-state index < -0.39 is 10.0 Å². The molecule has 120 valence electrons. The van der Waals surface area contributed by atoms with Crippen LogP contribution >= 0.6 is 0 Å². The van der Waals surface area contributed by atoms with Gasteiger partial charge in [0, 0.05) is 25.3 Å². The van der Waals surface area contributed by atoms with E-state index in [-0.39, 0.29) is 17.0 Å². The van der Waals surface area contributed by atoms with Crippen LogP contribution < -0.4 is 5.73 Å². The van der Waals surface area contributed by atoms with Crippen LogP contribution in [0.25, 0.3) is 0 Å². The van der Waals surface area contributed by atoms with E-state index in [0.29, 0.717) is 13.1 Å². The molecule has 2 N–H and O–H groups in total. The Morgan fingerprint density at radius 1 is 1.43 bits per heavy atom. The first kappa shape index (κ1) is 16.5. The van der Waals surface area contributed by atoms with E-state index in [1.54, 1.807) is 10.5 Å². The molecule has 1 aromatic rings. The zero-order valence-electron chi connectivity index (χ0n) is 13.1. The van der Waals surface area contributed by atoms with E-state index in [2.05, 4.69) is 11.9 Å². The lowest BCUT2D eigenvalue weighted by Gasteiger charge is -2.35. The number of nitrogens with zero attached hydrogens (tertiary/aromatic N) is 3. The topological polar surface area (TPSA) is 81.2 Å². The monoisotopic (exact) mass is 314 g/mol. The maximum atomic E-state index is 12.8. The summed E-state index contributed by atoms with van der Waals surface area (Å²) in [5.74, 6) is 0.991. The third kappa shape index (κ3) is 3.30. The van der Waals surface area contributed by atoms with Gasteiger partial charge in [-0.05, 0) is 45.6 Å². The molecule has 1 aromatic heterocycles. The van der Waals surface area contributed by atoms with Crippen LogP contribution in [0.15, 0.2) is 11.2 Å². The van der Waals surface area contributed by atoms with Gasteiger partial charge in [-0.3, -0.25) is 0 Å². The lowest BCUT2D eigenvalue weighted by molar-refractivity contribution is 0.210. The van der Waals surface area contributed by atoms with Crippen molar-refractivity contribution in [3.05, 3.63) is 12.0 Å². The molecule has 1 fully saturated rings. The highest BCUT2D eigenvalue weighted by atomic mass is 32.2. The second-order valence-corrected chi connectivity index (χ2v) is 7.76. The molecule has 0 radical (unpaired) electrons. The second-order valence-electron chi connectivity index (χ2n) is 5.92. The van der Waals surface area contributed by atoms with E-state index >= 15 is 0 Å². The molecule has 6 nitrogen and oxygen atoms in total. The Morgan fingerprint density at radius 3 is 2.76 bits per heavy atom. The number of hydrogen-bond donors (Lipinski definition) is 1. The average molecular weight is 314 g/mol. The molecule has 0 bridgehead atoms. The summed E-state index contributed by atoms with van der Waals surface area (Å²) in [6, 6.07) is 0.00873. The van der Waals surface area contributed by atoms with Gasteiger partial charge in [0.25, 0.3) is 10.0 Å². The Bertz CT molecular complexity index is 582. The molecule has 1 saturated heterocycles. The molecule has 1 aliphatic rings. The number of aromatic nitrogens is 2. The fourth-order valence-electron chi connectivity index (χ4n) is 2.86. The standard InChI is InChI=1S/C14H26N4O2S/c1-4-7-17-10-14(16-12(17)3)21(19,20)18-9-13(8-15)6-5-11(18)2/h10-11,13H,4-9,15H2,1-3H3. The molecule has 0 spiro atoms. The van der Waals surface area contributed by atoms with Crippen molar-refractivity contribution in [2.24, 2.45) is 11.7 Å². The smallest absolute Gasteiger partial charge is 0.262 e. The zero-order chi connectivity index (χ0) is 15.6. The zero-order valence-corrected chi connectivity index (χ0v) is 13.9. The van der Waals surface area contributed by atoms with Gasteiger partial charge in [-0.15, -0.1) is 0 Å². The third-order valence-corrected chi connectivity index (χ3v) is 6.10. The number of aryl methyl sites for hydroxylation is 2. The molecule has 21 heavy (non-hydrogen) atoms. The van der Waals surface area contributed by atoms with Gasteiger partial charge in [-0.1, -0.05) is 6.92 Å². The van der Waals surface area contributed by atoms with Gasteiger partial charge in [0.05, 0.1) is 0 Å². The predicted octanol–water partition coefficient (Wildman–Crippen LogP) is 1.35. The largest absolute Gasteiger partial charge is 0.334 e. The van der Waals surface area contributed by atoms with Crippen molar-refractivity contribution in [2.45, 2.75) is 57.6 Å². The Hall–Kier alpha value is -0.920. The van der Waals surface area contributed by atoms with Crippen molar-refractivity contribution < 1.29 is 8.42 Å². The van der Waals surface area contributed by atoms with Crippen LogP contribution in [0.5, 0.6) is 0 Å². The van der Waals surface area contributed by atoms with Crippen LogP contribution in [-0.2, 0) is 16.6 Å². The molecule has 0 aromatic carbocycles. The first-order chi connectivity index (χ1) is 9.90. The summed E-state index contributed by atoms with van der Waals surface area (Å²) in [4.78, 5) is 4.26. The highest BCUT2D eigenvalue weighted by Crippen LogP contribution is 2.27. The first-order valence-electron chi connectivity index (χ1n) is 7.65. The van der Waals surface area contributed by atoms with E-state index in [0.717, 1.165) is 31.6 Å². The number of hydrogen-bond acceptors (Lipinski definition) is 4. The number of piperidine rings is 1. The van der Waals surface area contributed by atoms with Crippen molar-refractivity contribution in [1.29, 1.82) is 0 Å². The summed E-state index contributed by atoms with van der Waals surface area (Å²) < 4.78 is 29.2. The normalized spacial score (nSPS) is 24.4. The summed E-state index contributed by atoms with van der Waals surface area (Å²) in [5, 5.41) is 0.165. The van der Waals surface area contributed by atoms with Gasteiger partial charge < -0.3 is 10.3 Å². The van der Waals surface area contributed by atoms with E-state index in [4.69, 9.17) is 5.73 Å². The van der Waals surface area contributed by atoms with Crippen LogP contribution in [0, 0.1) is 12.8 Å². The van der Waals surface area contributed by atoms with Gasteiger partial charge >= 0.3 is 0 Å². The highest BCUT2D eigenvalue weighted by molar-refractivity contribution is 7.89. The summed E-state index contributed by atoms with van der Waals surface area (Å²) in [5.41, 5.74) is 5.72. The minimum atomic E-state index is -3.53. The van der Waals surface area contributed by atoms with Gasteiger partial charge in [0.2, 0.25) is 0 Å². The number of rotatable bonds is 5. The van der Waals surface area contributed by atoms with Crippen LogP contribution in [0.2, 0.25) is 0 Å². The number of sulfonamides is 1. The van der Waals surface area contributed by atoms with Gasteiger partial charge in [-0.2, -0.15) is 4.31 Å². The van der Waals surface area contributed by atoms with Crippen molar-refractivity contribution in [3.8, 4) is 0 Å². The third-order valence-electron chi connectivity index (χ3n) is 4.25. The maximum absolute atomic E-state index is 12.8. The number of imidazole rings is 1. The highest BCUT2D eigenvalue weighted by Gasteiger charge is 2.36. The summed E-state index contributed by atoms with van der Waals surface area (Å²) in [7, 11) is -3.53. The number of nitrogens with two attached hydrogens (primary N) is 1. The summed E-state index contributed by atoms with van der Waals surface area (Å²) in [6.07, 6.45) is 4.46. The molecular formula is C14H26N4O2S. The average Bonchev–Trinajstić information content (AvgIpc) is 2.82. The Balaban J connectivity index is 2.30. The fraction of sp³-hybridized carbons (Fsp3) is 0.786. The molecule has 2 heterocycles. The Kier molecular flexibility index (Phi) is 5.06. The van der Waals surface area contributed by atoms with Crippen LogP contribution in [0.3, 0.4) is 0 Å². The molecule has 2 atom stereocenters. The molecule has 1 aliphatic heterocycles. The molecule has 2 rings (SSSR count). The Labute approximate surface area is 127 Å². The minimum absolute atomic E-state index is 0.00873. The van der Waals surface area contributed by atoms with Crippen LogP contribution in [0.1, 0.15) is 38.9 Å². The predicted molar refractivity (Wildman–Crippen MR) is 82.4 cm³/mol. The minimum Gasteiger partial charge on any atom is -0.334 e. The van der Waals surface area contributed by atoms with Crippen LogP contribution in [0.4, 0.5) is 0 Å². The lowest BCUT2D eigenvalue weighted by atomic mass is 9.96. The van der Waals surface area contributed by atoms with Crippen molar-refractivity contribution in [3.63, 3.8) is 0 Å². The maximum Gasteiger partial charge on any atom is 0.262 e. The van der Waals surface area contributed by atoms with E-state index in [1.807, 2.05) is 18.4 Å².